The number of aromatic nitrogens is 1. The van der Waals surface area contributed by atoms with Crippen LogP contribution in [0.2, 0.25) is 0 Å². The fraction of sp³-hybridized carbons (Fsp3) is 0.273. The van der Waals surface area contributed by atoms with Crippen LogP contribution in [0.25, 0.3) is 82.8 Å². The second-order valence-electron chi connectivity index (χ2n) is 25.4. The highest BCUT2D eigenvalue weighted by molar-refractivity contribution is 6.94. The number of hydrogen-bond acceptors (Lipinski definition) is 2. The molecule has 4 aliphatic rings. The number of nitrogens with zero attached hydrogens (tertiary/aromatic N) is 2. The van der Waals surface area contributed by atoms with Gasteiger partial charge in [0.15, 0.2) is 0 Å². The summed E-state index contributed by atoms with van der Waals surface area (Å²) < 4.78 is 9.56. The van der Waals surface area contributed by atoms with Gasteiger partial charge in [0, 0.05) is 55.0 Å². The summed E-state index contributed by atoms with van der Waals surface area (Å²) in [5.41, 5.74) is 28.1. The molecule has 0 fully saturated rings. The van der Waals surface area contributed by atoms with Crippen LogP contribution in [0.1, 0.15) is 129 Å². The van der Waals surface area contributed by atoms with E-state index in [0.717, 1.165) is 21.9 Å². The number of rotatable bonds is 1. The molecule has 4 heteroatoms. The fourth-order valence-corrected chi connectivity index (χ4v) is 13.6. The molecule has 8 aromatic carbocycles. The Bertz CT molecular complexity index is 4000. The Kier molecular flexibility index (Phi) is 7.91. The SMILES string of the molecule is CC(C)(C)c1ccc(N2B3c4cc5oc6ccccc6c5cc4-n4c5ccc(C(C)(C)C)cc5c5c6c(c(c3c54)-c3cc4c(cc32)C(C)(C)c2cc(C(C)(C)C)ccc2-4)-c2ccccc2C6(C)C)cc1. The van der Waals surface area contributed by atoms with Crippen molar-refractivity contribution in [3.8, 4) is 39.1 Å². The van der Waals surface area contributed by atoms with E-state index in [9.17, 15) is 0 Å². The molecule has 0 saturated heterocycles. The average Bonchev–Trinajstić information content (AvgIpc) is 3.99. The molecule has 0 bridgehead atoms. The minimum Gasteiger partial charge on any atom is -0.456 e. The predicted octanol–water partition coefficient (Wildman–Crippen LogP) is 16.4. The second kappa shape index (κ2) is 13.1. The van der Waals surface area contributed by atoms with Gasteiger partial charge in [0.2, 0.25) is 0 Å². The number of benzene rings is 8. The molecule has 2 aromatic heterocycles. The molecule has 0 N–H and O–H groups in total. The monoisotopic (exact) mass is 908 g/mol. The van der Waals surface area contributed by atoms with Crippen LogP contribution >= 0.6 is 0 Å². The van der Waals surface area contributed by atoms with Crippen molar-refractivity contribution in [1.29, 1.82) is 0 Å². The van der Waals surface area contributed by atoms with Crippen molar-refractivity contribution < 1.29 is 4.42 Å². The van der Waals surface area contributed by atoms with Crippen LogP contribution in [0, 0.1) is 0 Å². The van der Waals surface area contributed by atoms with Crippen molar-refractivity contribution in [2.45, 2.75) is 117 Å². The van der Waals surface area contributed by atoms with E-state index in [0.29, 0.717) is 0 Å². The highest BCUT2D eigenvalue weighted by Crippen LogP contribution is 2.61. The van der Waals surface area contributed by atoms with Crippen LogP contribution in [-0.4, -0.2) is 11.4 Å². The van der Waals surface area contributed by atoms with Gasteiger partial charge < -0.3 is 13.8 Å². The van der Waals surface area contributed by atoms with E-state index in [1.807, 2.05) is 0 Å². The molecule has 344 valence electrons. The lowest BCUT2D eigenvalue weighted by Crippen LogP contribution is -2.60. The van der Waals surface area contributed by atoms with Crippen LogP contribution in [0.15, 0.2) is 138 Å². The lowest BCUT2D eigenvalue weighted by Gasteiger charge is -2.43. The molecular weight excluding hydrogens is 848 g/mol. The minimum absolute atomic E-state index is 0.0115. The van der Waals surface area contributed by atoms with Gasteiger partial charge in [0.25, 0.3) is 0 Å². The Morgan fingerprint density at radius 3 is 1.87 bits per heavy atom. The van der Waals surface area contributed by atoms with Crippen LogP contribution in [0.4, 0.5) is 11.4 Å². The van der Waals surface area contributed by atoms with Crippen molar-refractivity contribution >= 4 is 72.9 Å². The van der Waals surface area contributed by atoms with Gasteiger partial charge in [-0.15, -0.1) is 0 Å². The third kappa shape index (κ3) is 5.27. The number of furan rings is 1. The fourth-order valence-electron chi connectivity index (χ4n) is 13.6. The predicted molar refractivity (Wildman–Crippen MR) is 298 cm³/mol. The highest BCUT2D eigenvalue weighted by Gasteiger charge is 2.51. The van der Waals surface area contributed by atoms with Crippen LogP contribution in [0.5, 0.6) is 0 Å². The molecule has 0 amide bonds. The normalized spacial score (nSPS) is 16.0. The Labute approximate surface area is 413 Å². The Balaban J connectivity index is 1.21. The Hall–Kier alpha value is -6.78. The topological polar surface area (TPSA) is 21.3 Å². The number of hydrogen-bond donors (Lipinski definition) is 0. The summed E-state index contributed by atoms with van der Waals surface area (Å²) in [4.78, 5) is 2.73. The van der Waals surface area contributed by atoms with Crippen molar-refractivity contribution in [2.75, 3.05) is 4.81 Å². The smallest absolute Gasteiger partial charge is 0.333 e. The summed E-state index contributed by atoms with van der Waals surface area (Å²) in [6.07, 6.45) is 0. The quantitative estimate of drug-likeness (QED) is 0.153. The summed E-state index contributed by atoms with van der Waals surface area (Å²) >= 11 is 0. The first kappa shape index (κ1) is 42.1. The number of para-hydroxylation sites is 1. The zero-order valence-corrected chi connectivity index (χ0v) is 43.1. The largest absolute Gasteiger partial charge is 0.456 e. The summed E-state index contributed by atoms with van der Waals surface area (Å²) in [6.45, 7) is 30.7. The van der Waals surface area contributed by atoms with Gasteiger partial charge in [-0.25, -0.2) is 0 Å². The molecule has 4 heterocycles. The highest BCUT2D eigenvalue weighted by atomic mass is 16.3. The summed E-state index contributed by atoms with van der Waals surface area (Å²) in [5.74, 6) is 0. The molecule has 0 saturated carbocycles. The van der Waals surface area contributed by atoms with Gasteiger partial charge in [-0.2, -0.15) is 0 Å². The third-order valence-electron chi connectivity index (χ3n) is 17.4. The zero-order valence-electron chi connectivity index (χ0n) is 43.1. The van der Waals surface area contributed by atoms with E-state index in [4.69, 9.17) is 4.42 Å². The summed E-state index contributed by atoms with van der Waals surface area (Å²) in [6, 6.07) is 52.3. The number of anilines is 2. The third-order valence-corrected chi connectivity index (χ3v) is 17.4. The zero-order chi connectivity index (χ0) is 48.5. The molecule has 0 spiro atoms. The molecule has 3 nitrogen and oxygen atoms in total. The molecule has 2 aliphatic heterocycles. The van der Waals surface area contributed by atoms with Crippen molar-refractivity contribution in [3.05, 3.63) is 172 Å². The first-order chi connectivity index (χ1) is 33.1. The van der Waals surface area contributed by atoms with Crippen molar-refractivity contribution in [1.82, 2.24) is 4.57 Å². The number of fused-ring (bicyclic) bond motifs is 19. The van der Waals surface area contributed by atoms with Crippen molar-refractivity contribution in [3.63, 3.8) is 0 Å². The molecule has 0 radical (unpaired) electrons. The maximum absolute atomic E-state index is 6.88. The molecule has 0 atom stereocenters. The minimum atomic E-state index is -0.271. The Morgan fingerprint density at radius 2 is 1.13 bits per heavy atom. The van der Waals surface area contributed by atoms with Crippen LogP contribution < -0.4 is 15.7 Å². The van der Waals surface area contributed by atoms with Gasteiger partial charge in [-0.05, 0) is 149 Å². The maximum atomic E-state index is 6.88. The van der Waals surface area contributed by atoms with E-state index < -0.39 is 0 Å². The molecule has 2 aliphatic carbocycles. The van der Waals surface area contributed by atoms with Crippen LogP contribution in [-0.2, 0) is 27.1 Å². The second-order valence-corrected chi connectivity index (χ2v) is 25.4. The summed E-state index contributed by atoms with van der Waals surface area (Å²) in [5, 5.41) is 5.02. The first-order valence-corrected chi connectivity index (χ1v) is 25.6. The van der Waals surface area contributed by atoms with E-state index in [1.54, 1.807) is 0 Å². The van der Waals surface area contributed by atoms with Gasteiger partial charge in [-0.3, -0.25) is 0 Å². The molecular formula is C66H61BN2O. The average molecular weight is 909 g/mol. The maximum Gasteiger partial charge on any atom is 0.333 e. The molecule has 70 heavy (non-hydrogen) atoms. The van der Waals surface area contributed by atoms with Gasteiger partial charge >= 0.3 is 6.85 Å². The molecule has 0 unspecified atom stereocenters. The van der Waals surface area contributed by atoms with E-state index in [2.05, 4.69) is 233 Å². The van der Waals surface area contributed by atoms with Crippen LogP contribution in [0.3, 0.4) is 0 Å². The summed E-state index contributed by atoms with van der Waals surface area (Å²) in [7, 11) is 0. The van der Waals surface area contributed by atoms with E-state index in [-0.39, 0.29) is 33.9 Å². The lowest BCUT2D eigenvalue weighted by atomic mass is 9.43. The molecule has 10 aromatic rings. The van der Waals surface area contributed by atoms with Crippen molar-refractivity contribution in [2.24, 2.45) is 0 Å². The lowest BCUT2D eigenvalue weighted by molar-refractivity contribution is 0.584. The molecule has 14 rings (SSSR count). The van der Waals surface area contributed by atoms with Gasteiger partial charge in [-0.1, -0.05) is 169 Å². The van der Waals surface area contributed by atoms with Gasteiger partial charge in [0.05, 0.1) is 11.0 Å². The van der Waals surface area contributed by atoms with Gasteiger partial charge in [0.1, 0.15) is 11.2 Å². The Morgan fingerprint density at radius 1 is 0.471 bits per heavy atom. The van der Waals surface area contributed by atoms with E-state index >= 15 is 0 Å². The van der Waals surface area contributed by atoms with E-state index in [1.165, 1.54) is 122 Å². The standard InChI is InChI=1S/C66H61BN2O/c1-62(2,3)36-22-26-39(27-23-36)69-52-34-49-43(40-28-24-38(64(7,8)9)31-48(40)65(49,10)11)32-46(52)57-56-42-19-14-16-20-47(42)66(12,13)59(56)58-45-30-37(63(4,5)6)25-29-51(45)68-53-33-44-41-18-15-17-21-54(41)70-55(44)35-50(53)67(69)60(57)61(58)68/h14-35H,1-13H3. The first-order valence-electron chi connectivity index (χ1n) is 25.6.